The summed E-state index contributed by atoms with van der Waals surface area (Å²) in [5.74, 6) is 5.74. The normalized spacial score (nSPS) is 23.3. The van der Waals surface area contributed by atoms with Gasteiger partial charge in [-0.25, -0.2) is 4.79 Å². The predicted molar refractivity (Wildman–Crippen MR) is 113 cm³/mol. The van der Waals surface area contributed by atoms with Crippen LogP contribution in [0, 0.1) is 11.8 Å². The second kappa shape index (κ2) is 12.7. The Morgan fingerprint density at radius 3 is 2.27 bits per heavy atom. The number of nitrogens with zero attached hydrogens (tertiary/aromatic N) is 1. The van der Waals surface area contributed by atoms with Crippen LogP contribution in [0.1, 0.15) is 82.9 Å². The molecule has 4 N–H and O–H groups in total. The number of unbranched alkanes of at least 4 members (excludes halogenated alkanes) is 9. The zero-order valence-corrected chi connectivity index (χ0v) is 17.7. The third kappa shape index (κ3) is 6.81. The molecule has 8 heteroatoms. The van der Waals surface area contributed by atoms with E-state index in [1.165, 1.54) is 51.1 Å². The van der Waals surface area contributed by atoms with E-state index >= 15 is 0 Å². The van der Waals surface area contributed by atoms with Crippen LogP contribution in [0.4, 0.5) is 0 Å². The van der Waals surface area contributed by atoms with Gasteiger partial charge in [-0.15, -0.1) is 0 Å². The number of hydrogen-bond acceptors (Lipinski definition) is 6. The second-order valence-corrected chi connectivity index (χ2v) is 7.82. The molecule has 4 atom stereocenters. The van der Waals surface area contributed by atoms with E-state index in [1.807, 2.05) is 0 Å². The van der Waals surface area contributed by atoms with Crippen molar-refractivity contribution >= 4 is 0 Å². The van der Waals surface area contributed by atoms with E-state index < -0.39 is 42.4 Å². The van der Waals surface area contributed by atoms with Gasteiger partial charge in [-0.2, -0.15) is 0 Å². The van der Waals surface area contributed by atoms with Crippen molar-refractivity contribution in [1.29, 1.82) is 0 Å². The molecule has 0 spiro atoms. The number of rotatable bonds is 11. The summed E-state index contributed by atoms with van der Waals surface area (Å²) in [5.41, 5.74) is -1.30. The lowest BCUT2D eigenvalue weighted by atomic mass is 10.1. The third-order valence-corrected chi connectivity index (χ3v) is 5.39. The molecule has 1 aliphatic heterocycles. The third-order valence-electron chi connectivity index (χ3n) is 5.39. The average molecular weight is 423 g/mol. The van der Waals surface area contributed by atoms with Gasteiger partial charge >= 0.3 is 5.69 Å². The minimum atomic E-state index is -1.41. The Hall–Kier alpha value is -1.92. The fourth-order valence-corrected chi connectivity index (χ4v) is 3.56. The molecule has 0 aliphatic carbocycles. The number of aromatic nitrogens is 2. The number of aliphatic hydroxyl groups excluding tert-OH is 3. The molecule has 0 saturated carbocycles. The summed E-state index contributed by atoms with van der Waals surface area (Å²) >= 11 is 0. The standard InChI is InChI=1S/C22H34N2O6/c1-2-3-4-5-6-7-8-9-10-11-12-13-16-14-24(22(29)23-20(16)28)21-19(27)18(26)17(15-25)30-21/h14,17-19,21,25-27H,2-11,15H2,1H3,(H,23,28,29)/t17-,18-,19+,21-/m1/s1. The first-order valence-corrected chi connectivity index (χ1v) is 11.0. The predicted octanol–water partition coefficient (Wildman–Crippen LogP) is 1.42. The van der Waals surface area contributed by atoms with E-state index in [-0.39, 0.29) is 5.56 Å². The van der Waals surface area contributed by atoms with Gasteiger partial charge < -0.3 is 20.1 Å². The van der Waals surface area contributed by atoms with Crippen LogP contribution in [0.15, 0.2) is 15.8 Å². The van der Waals surface area contributed by atoms with Gasteiger partial charge in [-0.3, -0.25) is 14.3 Å². The topological polar surface area (TPSA) is 125 Å². The van der Waals surface area contributed by atoms with Crippen molar-refractivity contribution in [2.45, 2.75) is 95.7 Å². The summed E-state index contributed by atoms with van der Waals surface area (Å²) in [6.07, 6.45) is 7.89. The molecule has 168 valence electrons. The fourth-order valence-electron chi connectivity index (χ4n) is 3.56. The Labute approximate surface area is 176 Å². The monoisotopic (exact) mass is 422 g/mol. The molecule has 1 aromatic rings. The van der Waals surface area contributed by atoms with Crippen LogP contribution in [0.25, 0.3) is 0 Å². The van der Waals surface area contributed by atoms with Crippen molar-refractivity contribution in [3.63, 3.8) is 0 Å². The average Bonchev–Trinajstić information content (AvgIpc) is 3.01. The van der Waals surface area contributed by atoms with Crippen molar-refractivity contribution in [3.8, 4) is 11.8 Å². The maximum Gasteiger partial charge on any atom is 0.330 e. The van der Waals surface area contributed by atoms with Gasteiger partial charge in [-0.1, -0.05) is 70.1 Å². The molecule has 0 radical (unpaired) electrons. The number of ether oxygens (including phenoxy) is 1. The highest BCUT2D eigenvalue weighted by atomic mass is 16.6. The highest BCUT2D eigenvalue weighted by molar-refractivity contribution is 5.29. The number of nitrogens with one attached hydrogen (secondary N) is 1. The van der Waals surface area contributed by atoms with Crippen LogP contribution in [0.2, 0.25) is 0 Å². The van der Waals surface area contributed by atoms with Gasteiger partial charge in [0.25, 0.3) is 5.56 Å². The summed E-state index contributed by atoms with van der Waals surface area (Å²) in [4.78, 5) is 26.3. The van der Waals surface area contributed by atoms with Gasteiger partial charge in [0.2, 0.25) is 0 Å². The molecule has 2 heterocycles. The van der Waals surface area contributed by atoms with Crippen LogP contribution in [-0.4, -0.2) is 49.8 Å². The molecule has 2 rings (SSSR count). The SMILES string of the molecule is CCCCCCCCCCCC#Cc1cn([C@@H]2O[C@H](CO)[C@@H](O)[C@@H]2O)c(=O)[nH]c1=O. The first kappa shape index (κ1) is 24.4. The molecular weight excluding hydrogens is 388 g/mol. The molecule has 0 amide bonds. The molecule has 30 heavy (non-hydrogen) atoms. The van der Waals surface area contributed by atoms with Gasteiger partial charge in [0.15, 0.2) is 6.23 Å². The quantitative estimate of drug-likeness (QED) is 0.316. The van der Waals surface area contributed by atoms with E-state index in [2.05, 4.69) is 23.7 Å². The lowest BCUT2D eigenvalue weighted by molar-refractivity contribution is -0.0550. The van der Waals surface area contributed by atoms with Crippen LogP contribution in [0.3, 0.4) is 0 Å². The lowest BCUT2D eigenvalue weighted by Crippen LogP contribution is -2.38. The van der Waals surface area contributed by atoms with Crippen molar-refractivity contribution in [1.82, 2.24) is 9.55 Å². The number of H-pyrrole nitrogens is 1. The summed E-state index contributed by atoms with van der Waals surface area (Å²) in [6, 6.07) is 0. The Morgan fingerprint density at radius 1 is 1.03 bits per heavy atom. The second-order valence-electron chi connectivity index (χ2n) is 7.82. The molecule has 8 nitrogen and oxygen atoms in total. The Balaban J connectivity index is 1.87. The smallest absolute Gasteiger partial charge is 0.330 e. The maximum absolute atomic E-state index is 12.1. The largest absolute Gasteiger partial charge is 0.394 e. The van der Waals surface area contributed by atoms with E-state index in [0.29, 0.717) is 6.42 Å². The molecule has 1 saturated heterocycles. The Kier molecular flexibility index (Phi) is 10.3. The van der Waals surface area contributed by atoms with E-state index in [4.69, 9.17) is 4.74 Å². The molecule has 0 bridgehead atoms. The van der Waals surface area contributed by atoms with Gasteiger partial charge in [0.1, 0.15) is 23.9 Å². The Bertz CT molecular complexity index is 821. The number of aliphatic hydroxyl groups is 3. The maximum atomic E-state index is 12.1. The van der Waals surface area contributed by atoms with Gasteiger partial charge in [0, 0.05) is 12.6 Å². The highest BCUT2D eigenvalue weighted by Crippen LogP contribution is 2.27. The number of hydrogen-bond donors (Lipinski definition) is 4. The van der Waals surface area contributed by atoms with Crippen LogP contribution in [0.5, 0.6) is 0 Å². The van der Waals surface area contributed by atoms with Crippen molar-refractivity contribution in [3.05, 3.63) is 32.6 Å². The molecule has 1 aliphatic rings. The molecule has 1 fully saturated rings. The highest BCUT2D eigenvalue weighted by Gasteiger charge is 2.43. The summed E-state index contributed by atoms with van der Waals surface area (Å²) < 4.78 is 6.34. The Morgan fingerprint density at radius 2 is 1.67 bits per heavy atom. The zero-order chi connectivity index (χ0) is 21.9. The van der Waals surface area contributed by atoms with Crippen molar-refractivity contribution in [2.24, 2.45) is 0 Å². The summed E-state index contributed by atoms with van der Waals surface area (Å²) in [7, 11) is 0. The first-order chi connectivity index (χ1) is 14.5. The number of aromatic amines is 1. The van der Waals surface area contributed by atoms with E-state index in [0.717, 1.165) is 17.4 Å². The van der Waals surface area contributed by atoms with Crippen molar-refractivity contribution < 1.29 is 20.1 Å². The van der Waals surface area contributed by atoms with Gasteiger partial charge in [-0.05, 0) is 6.42 Å². The van der Waals surface area contributed by atoms with Crippen molar-refractivity contribution in [2.75, 3.05) is 6.61 Å². The van der Waals surface area contributed by atoms with Crippen LogP contribution in [-0.2, 0) is 4.74 Å². The summed E-state index contributed by atoms with van der Waals surface area (Å²) in [6.45, 7) is 1.71. The minimum Gasteiger partial charge on any atom is -0.394 e. The minimum absolute atomic E-state index is 0.0864. The van der Waals surface area contributed by atoms with Crippen LogP contribution >= 0.6 is 0 Å². The zero-order valence-electron chi connectivity index (χ0n) is 17.7. The summed E-state index contributed by atoms with van der Waals surface area (Å²) in [5, 5.41) is 29.2. The molecule has 0 aromatic carbocycles. The molecular formula is C22H34N2O6. The van der Waals surface area contributed by atoms with E-state index in [1.54, 1.807) is 0 Å². The molecule has 0 unspecified atom stereocenters. The fraction of sp³-hybridized carbons (Fsp3) is 0.727. The lowest BCUT2D eigenvalue weighted by Gasteiger charge is -2.17. The first-order valence-electron chi connectivity index (χ1n) is 11.0. The van der Waals surface area contributed by atoms with E-state index in [9.17, 15) is 24.9 Å². The molecule has 1 aromatic heterocycles. The van der Waals surface area contributed by atoms with Crippen LogP contribution < -0.4 is 11.2 Å². The van der Waals surface area contributed by atoms with Gasteiger partial charge in [0.05, 0.1) is 6.61 Å².